The summed E-state index contributed by atoms with van der Waals surface area (Å²) in [6.07, 6.45) is 8.44. The van der Waals surface area contributed by atoms with Crippen molar-refractivity contribution in [1.82, 2.24) is 0 Å². The van der Waals surface area contributed by atoms with Crippen molar-refractivity contribution >= 4 is 5.97 Å². The Bertz CT molecular complexity index is 636. The van der Waals surface area contributed by atoms with Gasteiger partial charge >= 0.3 is 5.97 Å². The molecule has 0 heterocycles. The van der Waals surface area contributed by atoms with Crippen molar-refractivity contribution < 1.29 is 22.7 Å². The highest BCUT2D eigenvalue weighted by Gasteiger charge is 2.50. The van der Waals surface area contributed by atoms with Gasteiger partial charge in [-0.05, 0) is 80.2 Å². The second-order valence-electron chi connectivity index (χ2n) is 8.03. The second kappa shape index (κ2) is 5.78. The fourth-order valence-electron chi connectivity index (χ4n) is 5.72. The molecular weight excluding hydrogens is 317 g/mol. The van der Waals surface area contributed by atoms with E-state index in [0.29, 0.717) is 0 Å². The fraction of sp³-hybridized carbons (Fsp3) is 0.632. The highest BCUT2D eigenvalue weighted by Crippen LogP contribution is 2.61. The van der Waals surface area contributed by atoms with Gasteiger partial charge in [-0.25, -0.2) is 18.0 Å². The Hall–Kier alpha value is -1.52. The molecule has 0 saturated heterocycles. The van der Waals surface area contributed by atoms with Crippen molar-refractivity contribution in [3.8, 4) is 0 Å². The summed E-state index contributed by atoms with van der Waals surface area (Å²) in [5, 5.41) is 0. The smallest absolute Gasteiger partial charge is 0.341 e. The Morgan fingerprint density at radius 3 is 2.17 bits per heavy atom. The van der Waals surface area contributed by atoms with Crippen LogP contribution in [0.4, 0.5) is 13.2 Å². The molecule has 4 saturated carbocycles. The molecule has 4 aliphatic carbocycles. The maximum Gasteiger partial charge on any atom is 0.341 e. The number of carbonyl (C=O) groups excluding carboxylic acids is 1. The van der Waals surface area contributed by atoms with Gasteiger partial charge in [0.1, 0.15) is 0 Å². The van der Waals surface area contributed by atoms with Crippen LogP contribution in [0.3, 0.4) is 0 Å². The van der Waals surface area contributed by atoms with E-state index in [1.165, 1.54) is 38.5 Å². The predicted molar refractivity (Wildman–Crippen MR) is 81.8 cm³/mol. The molecule has 4 aliphatic rings. The van der Waals surface area contributed by atoms with Crippen molar-refractivity contribution in [3.05, 3.63) is 35.1 Å². The first-order chi connectivity index (χ1) is 11.5. The molecule has 2 nitrogen and oxygen atoms in total. The summed E-state index contributed by atoms with van der Waals surface area (Å²) in [4.78, 5) is 12.0. The Kier molecular flexibility index (Phi) is 3.85. The fourth-order valence-corrected chi connectivity index (χ4v) is 5.72. The van der Waals surface area contributed by atoms with Gasteiger partial charge in [-0.2, -0.15) is 0 Å². The van der Waals surface area contributed by atoms with E-state index in [2.05, 4.69) is 0 Å². The van der Waals surface area contributed by atoms with Gasteiger partial charge in [0.2, 0.25) is 0 Å². The summed E-state index contributed by atoms with van der Waals surface area (Å²) in [6, 6.07) is 1.68. The van der Waals surface area contributed by atoms with E-state index < -0.39 is 29.0 Å². The highest BCUT2D eigenvalue weighted by atomic mass is 19.2. The monoisotopic (exact) mass is 338 g/mol. The van der Waals surface area contributed by atoms with Crippen LogP contribution in [0.5, 0.6) is 0 Å². The number of ether oxygens (including phenoxy) is 1. The van der Waals surface area contributed by atoms with Gasteiger partial charge in [-0.1, -0.05) is 0 Å². The van der Waals surface area contributed by atoms with E-state index in [4.69, 9.17) is 4.74 Å². The largest absolute Gasteiger partial charge is 0.462 e. The van der Waals surface area contributed by atoms with Gasteiger partial charge in [0, 0.05) is 0 Å². The van der Waals surface area contributed by atoms with Gasteiger partial charge in [-0.3, -0.25) is 0 Å². The number of esters is 1. The summed E-state index contributed by atoms with van der Waals surface area (Å²) >= 11 is 0. The zero-order valence-electron chi connectivity index (χ0n) is 13.5. The van der Waals surface area contributed by atoms with Crippen LogP contribution in [0.2, 0.25) is 0 Å². The van der Waals surface area contributed by atoms with Crippen LogP contribution < -0.4 is 0 Å². The third-order valence-corrected chi connectivity index (χ3v) is 6.29. The third kappa shape index (κ3) is 2.72. The normalized spacial score (nSPS) is 33.7. The zero-order chi connectivity index (χ0) is 16.9. The van der Waals surface area contributed by atoms with Crippen molar-refractivity contribution in [2.24, 2.45) is 23.2 Å². The van der Waals surface area contributed by atoms with Crippen molar-refractivity contribution in [2.75, 3.05) is 6.61 Å². The number of halogens is 3. The van der Waals surface area contributed by atoms with Crippen LogP contribution in [0, 0.1) is 40.6 Å². The Morgan fingerprint density at radius 1 is 1.00 bits per heavy atom. The van der Waals surface area contributed by atoms with E-state index in [1.807, 2.05) is 0 Å². The maximum absolute atomic E-state index is 13.6. The van der Waals surface area contributed by atoms with Crippen LogP contribution in [0.1, 0.15) is 55.3 Å². The molecule has 0 radical (unpaired) electrons. The molecule has 130 valence electrons. The van der Waals surface area contributed by atoms with Crippen molar-refractivity contribution in [3.63, 3.8) is 0 Å². The van der Waals surface area contributed by atoms with Gasteiger partial charge in [0.15, 0.2) is 17.5 Å². The average Bonchev–Trinajstić information content (AvgIpc) is 2.51. The number of rotatable bonds is 4. The van der Waals surface area contributed by atoms with Crippen LogP contribution in [0.25, 0.3) is 0 Å². The molecular formula is C19H21F3O2. The molecule has 5 heteroatoms. The van der Waals surface area contributed by atoms with E-state index >= 15 is 0 Å². The molecule has 0 aromatic heterocycles. The molecule has 1 aromatic rings. The molecule has 0 aliphatic heterocycles. The lowest BCUT2D eigenvalue weighted by molar-refractivity contribution is -0.0653. The van der Waals surface area contributed by atoms with Crippen molar-refractivity contribution in [1.29, 1.82) is 0 Å². The number of benzene rings is 1. The topological polar surface area (TPSA) is 26.3 Å². The number of carbonyl (C=O) groups is 1. The Morgan fingerprint density at radius 2 is 1.58 bits per heavy atom. The van der Waals surface area contributed by atoms with Gasteiger partial charge in [0.05, 0.1) is 12.2 Å². The zero-order valence-corrected chi connectivity index (χ0v) is 13.5. The molecule has 4 bridgehead atoms. The summed E-state index contributed by atoms with van der Waals surface area (Å²) < 4.78 is 45.0. The molecule has 0 atom stereocenters. The summed E-state index contributed by atoms with van der Waals surface area (Å²) in [6.45, 7) is 0.212. The van der Waals surface area contributed by atoms with Crippen molar-refractivity contribution in [2.45, 2.75) is 44.9 Å². The van der Waals surface area contributed by atoms with E-state index in [-0.39, 0.29) is 12.0 Å². The average molecular weight is 338 g/mol. The minimum Gasteiger partial charge on any atom is -0.462 e. The molecule has 0 N–H and O–H groups in total. The molecule has 0 spiro atoms. The van der Waals surface area contributed by atoms with Gasteiger partial charge in [0.25, 0.3) is 0 Å². The summed E-state index contributed by atoms with van der Waals surface area (Å²) in [5.41, 5.74) is -0.277. The lowest BCUT2D eigenvalue weighted by atomic mass is 9.49. The maximum atomic E-state index is 13.6. The molecule has 5 rings (SSSR count). The Balaban J connectivity index is 1.38. The van der Waals surface area contributed by atoms with E-state index in [0.717, 1.165) is 36.3 Å². The van der Waals surface area contributed by atoms with Crippen LogP contribution >= 0.6 is 0 Å². The number of hydrogen-bond acceptors (Lipinski definition) is 2. The third-order valence-electron chi connectivity index (χ3n) is 6.29. The molecule has 4 fully saturated rings. The first kappa shape index (κ1) is 16.0. The first-order valence-corrected chi connectivity index (χ1v) is 8.76. The standard InChI is InChI=1S/C19H21F3O2/c20-15-2-1-14(16(21)17(15)22)18(23)24-4-3-19-8-11-5-12(9-19)7-13(6-11)10-19/h1-2,11-13H,3-10H2. The van der Waals surface area contributed by atoms with Gasteiger partial charge in [-0.15, -0.1) is 0 Å². The quantitative estimate of drug-likeness (QED) is 0.578. The highest BCUT2D eigenvalue weighted by molar-refractivity contribution is 5.89. The molecule has 24 heavy (non-hydrogen) atoms. The minimum absolute atomic E-state index is 0.212. The molecule has 0 amide bonds. The minimum atomic E-state index is -1.63. The second-order valence-corrected chi connectivity index (χ2v) is 8.03. The van der Waals surface area contributed by atoms with Crippen LogP contribution in [0.15, 0.2) is 12.1 Å². The first-order valence-electron chi connectivity index (χ1n) is 8.76. The number of hydrogen-bond donors (Lipinski definition) is 0. The predicted octanol–water partition coefficient (Wildman–Crippen LogP) is 4.87. The summed E-state index contributed by atoms with van der Waals surface area (Å²) in [5.74, 6) is -2.89. The van der Waals surface area contributed by atoms with E-state index in [1.54, 1.807) is 0 Å². The lowest BCUT2D eigenvalue weighted by Gasteiger charge is -2.57. The lowest BCUT2D eigenvalue weighted by Crippen LogP contribution is -2.46. The van der Waals surface area contributed by atoms with Crippen LogP contribution in [-0.4, -0.2) is 12.6 Å². The Labute approximate surface area is 139 Å². The molecule has 1 aromatic carbocycles. The molecule has 0 unspecified atom stereocenters. The summed E-state index contributed by atoms with van der Waals surface area (Å²) in [7, 11) is 0. The van der Waals surface area contributed by atoms with Gasteiger partial charge < -0.3 is 4.74 Å². The van der Waals surface area contributed by atoms with Crippen LogP contribution in [-0.2, 0) is 4.74 Å². The SMILES string of the molecule is O=C(OCCC12CC3CC(CC(C3)C1)C2)c1ccc(F)c(F)c1F. The van der Waals surface area contributed by atoms with E-state index in [9.17, 15) is 18.0 Å².